The molecule has 0 aromatic rings. The molecular formula is C9H21PSi. The van der Waals surface area contributed by atoms with Gasteiger partial charge < -0.3 is 0 Å². The van der Waals surface area contributed by atoms with Crippen molar-refractivity contribution < 1.29 is 0 Å². The van der Waals surface area contributed by atoms with Crippen molar-refractivity contribution in [3.05, 3.63) is 0 Å². The minimum absolute atomic E-state index is 0.259. The van der Waals surface area contributed by atoms with Gasteiger partial charge in [0.25, 0.3) is 0 Å². The Morgan fingerprint density at radius 2 is 1.36 bits per heavy atom. The highest BCUT2D eigenvalue weighted by Gasteiger charge is 2.04. The van der Waals surface area contributed by atoms with E-state index in [2.05, 4.69) is 47.3 Å². The number of hydrogen-bond acceptors (Lipinski definition) is 0. The molecule has 0 atom stereocenters. The van der Waals surface area contributed by atoms with E-state index in [1.165, 1.54) is 0 Å². The first-order valence-corrected chi connectivity index (χ1v) is 9.20. The Labute approximate surface area is 73.2 Å². The monoisotopic (exact) mass is 188 g/mol. The lowest BCUT2D eigenvalue weighted by Gasteiger charge is -2.15. The summed E-state index contributed by atoms with van der Waals surface area (Å²) in [4.78, 5) is 1.79. The Kier molecular flexibility index (Phi) is 4.00. The molecule has 0 rings (SSSR count). The van der Waals surface area contributed by atoms with E-state index in [0.717, 1.165) is 0 Å². The zero-order chi connectivity index (χ0) is 9.23. The predicted octanol–water partition coefficient (Wildman–Crippen LogP) is 2.54. The van der Waals surface area contributed by atoms with Gasteiger partial charge in [-0.25, -0.2) is 0 Å². The third kappa shape index (κ3) is 3.53. The van der Waals surface area contributed by atoms with Crippen molar-refractivity contribution in [2.45, 2.75) is 27.3 Å². The third-order valence-corrected chi connectivity index (χ3v) is 9.92. The molecule has 66 valence electrons. The first-order chi connectivity index (χ1) is 4.76. The van der Waals surface area contributed by atoms with Crippen LogP contribution in [-0.2, 0) is 0 Å². The van der Waals surface area contributed by atoms with Gasteiger partial charge in [-0.2, -0.15) is 0 Å². The maximum atomic E-state index is 2.42. The quantitative estimate of drug-likeness (QED) is 0.438. The van der Waals surface area contributed by atoms with Crippen LogP contribution in [0.4, 0.5) is 0 Å². The molecule has 0 heterocycles. The summed E-state index contributed by atoms with van der Waals surface area (Å²) in [6, 6.07) is 0. The van der Waals surface area contributed by atoms with Crippen LogP contribution in [0.15, 0.2) is 0 Å². The summed E-state index contributed by atoms with van der Waals surface area (Å²) in [7, 11) is -0.259. The summed E-state index contributed by atoms with van der Waals surface area (Å²) in [5.41, 5.74) is 0. The summed E-state index contributed by atoms with van der Waals surface area (Å²) in [5.74, 6) is 0. The molecule has 0 fully saturated rings. The lowest BCUT2D eigenvalue weighted by molar-refractivity contribution is 1.82. The summed E-state index contributed by atoms with van der Waals surface area (Å²) < 4.78 is 0. The molecule has 0 unspecified atom stereocenters. The zero-order valence-electron chi connectivity index (χ0n) is 8.95. The van der Waals surface area contributed by atoms with Crippen LogP contribution in [0, 0.1) is 0 Å². The molecule has 11 heavy (non-hydrogen) atoms. The molecule has 0 saturated carbocycles. The zero-order valence-corrected chi connectivity index (χ0v) is 10.8. The molecule has 0 aromatic heterocycles. The molecule has 0 amide bonds. The lowest BCUT2D eigenvalue weighted by Crippen LogP contribution is -2.17. The summed E-state index contributed by atoms with van der Waals surface area (Å²) >= 11 is 0. The van der Waals surface area contributed by atoms with Gasteiger partial charge in [0.2, 0.25) is 0 Å². The average Bonchev–Trinajstić information content (AvgIpc) is 1.82. The van der Waals surface area contributed by atoms with Crippen LogP contribution in [0.2, 0.25) is 6.55 Å². The number of rotatable bonds is 1. The Balaban J connectivity index is 5.10. The number of hydrogen-bond donors (Lipinski definition) is 0. The first-order valence-electron chi connectivity index (χ1n) is 4.07. The maximum absolute atomic E-state index is 2.42. The highest BCUT2D eigenvalue weighted by molar-refractivity contribution is 7.77. The van der Waals surface area contributed by atoms with Gasteiger partial charge in [-0.05, 0) is 40.8 Å². The van der Waals surface area contributed by atoms with Crippen LogP contribution in [0.3, 0.4) is 0 Å². The molecule has 0 aromatic carbocycles. The second kappa shape index (κ2) is 3.87. The standard InChI is InChI=1S/C9H21PSi/c1-8(2)11(7)9(3)10(4,5)6/h1-7H3. The van der Waals surface area contributed by atoms with Crippen LogP contribution >= 0.6 is 6.89 Å². The van der Waals surface area contributed by atoms with Crippen LogP contribution in [0.1, 0.15) is 20.8 Å². The van der Waals surface area contributed by atoms with Crippen molar-refractivity contribution in [2.24, 2.45) is 0 Å². The summed E-state index contributed by atoms with van der Waals surface area (Å²) in [6.07, 6.45) is 0. The van der Waals surface area contributed by atoms with Gasteiger partial charge in [0, 0.05) is 8.41 Å². The largest absolute Gasteiger partial charge is 0.115 e. The third-order valence-electron chi connectivity index (χ3n) is 2.30. The predicted molar refractivity (Wildman–Crippen MR) is 63.3 cm³/mol. The van der Waals surface area contributed by atoms with Gasteiger partial charge in [-0.15, -0.1) is 6.89 Å². The fourth-order valence-electron chi connectivity index (χ4n) is 0.865. The summed E-state index contributed by atoms with van der Waals surface area (Å²) in [6.45, 7) is 15.9. The minimum atomic E-state index is -0.676. The Morgan fingerprint density at radius 1 is 1.00 bits per heavy atom. The van der Waals surface area contributed by atoms with E-state index in [-0.39, 0.29) is 8.41 Å². The van der Waals surface area contributed by atoms with Crippen molar-refractivity contribution in [1.82, 2.24) is 0 Å². The maximum Gasteiger partial charge on any atom is 0.0356 e. The molecule has 0 bridgehead atoms. The van der Waals surface area contributed by atoms with Crippen molar-refractivity contribution in [3.8, 4) is 0 Å². The van der Waals surface area contributed by atoms with Gasteiger partial charge in [-0.1, -0.05) is 16.6 Å². The first kappa shape index (κ1) is 11.4. The van der Waals surface area contributed by atoms with Gasteiger partial charge in [0.15, 0.2) is 0 Å². The molecule has 0 nitrogen and oxygen atoms in total. The van der Waals surface area contributed by atoms with E-state index in [1.54, 1.807) is 10.1 Å². The molecule has 2 heteroatoms. The van der Waals surface area contributed by atoms with Crippen LogP contribution in [0.25, 0.3) is 0 Å². The normalized spacial score (nSPS) is 11.2. The molecule has 0 saturated heterocycles. The highest BCUT2D eigenvalue weighted by Crippen LogP contribution is 2.35. The fraction of sp³-hybridized carbons (Fsp3) is 0.778. The Morgan fingerprint density at radius 3 is 1.45 bits per heavy atom. The Hall–Kier alpha value is 0.387. The topological polar surface area (TPSA) is 0 Å². The van der Waals surface area contributed by atoms with Gasteiger partial charge in [-0.3, -0.25) is 0 Å². The molecule has 0 N–H and O–H groups in total. The van der Waals surface area contributed by atoms with Crippen molar-refractivity contribution in [2.75, 3.05) is 20.0 Å². The molecule has 0 spiro atoms. The van der Waals surface area contributed by atoms with Crippen LogP contribution in [-0.4, -0.2) is 38.5 Å². The second-order valence-electron chi connectivity index (χ2n) is 4.22. The molecule has 0 radical (unpaired) electrons. The van der Waals surface area contributed by atoms with Crippen molar-refractivity contribution >= 4 is 25.4 Å². The fourth-order valence-corrected chi connectivity index (χ4v) is 6.28. The lowest BCUT2D eigenvalue weighted by atomic mass is 10.6. The van der Waals surface area contributed by atoms with Crippen LogP contribution < -0.4 is 0 Å². The van der Waals surface area contributed by atoms with Gasteiger partial charge in [0.05, 0.1) is 0 Å². The van der Waals surface area contributed by atoms with E-state index in [1.807, 2.05) is 0 Å². The van der Waals surface area contributed by atoms with E-state index >= 15 is 0 Å². The van der Waals surface area contributed by atoms with Crippen molar-refractivity contribution in [1.29, 1.82) is 0 Å². The molecule has 0 aliphatic carbocycles. The summed E-state index contributed by atoms with van der Waals surface area (Å²) in [5, 5.41) is 1.64. The molecular weight excluding hydrogens is 167 g/mol. The highest BCUT2D eigenvalue weighted by atomic mass is 31.2. The van der Waals surface area contributed by atoms with Crippen LogP contribution in [0.5, 0.6) is 0 Å². The van der Waals surface area contributed by atoms with E-state index in [4.69, 9.17) is 0 Å². The Bertz CT molecular complexity index is 218. The van der Waals surface area contributed by atoms with Gasteiger partial charge in [0.1, 0.15) is 0 Å². The van der Waals surface area contributed by atoms with Gasteiger partial charge >= 0.3 is 0 Å². The van der Waals surface area contributed by atoms with E-state index in [9.17, 15) is 0 Å². The smallest absolute Gasteiger partial charge is 0.0356 e. The average molecular weight is 188 g/mol. The SMILES string of the molecule is CC(C)=[Si](C)C(C)=P(C)(C)C. The molecule has 0 aliphatic heterocycles. The van der Waals surface area contributed by atoms with E-state index < -0.39 is 6.89 Å². The second-order valence-corrected chi connectivity index (χ2v) is 12.3. The minimum Gasteiger partial charge on any atom is -0.115 e. The van der Waals surface area contributed by atoms with E-state index in [0.29, 0.717) is 0 Å². The van der Waals surface area contributed by atoms with Crippen molar-refractivity contribution in [3.63, 3.8) is 0 Å². The molecule has 0 aliphatic rings.